The summed E-state index contributed by atoms with van der Waals surface area (Å²) in [5.41, 5.74) is 2.78. The molecule has 1 saturated heterocycles. The Morgan fingerprint density at radius 1 is 1.15 bits per heavy atom. The average Bonchev–Trinajstić information content (AvgIpc) is 2.93. The van der Waals surface area contributed by atoms with Gasteiger partial charge in [-0.2, -0.15) is 0 Å². The van der Waals surface area contributed by atoms with Crippen molar-refractivity contribution in [3.05, 3.63) is 57.3 Å². The van der Waals surface area contributed by atoms with E-state index in [1.165, 1.54) is 22.4 Å². The number of nitrogens with zero attached hydrogens (tertiary/aromatic N) is 2. The number of carbonyl (C=O) groups is 1. The molecular weight excluding hydrogens is 340 g/mol. The largest absolute Gasteiger partial charge is 0.337 e. The molecule has 1 aliphatic carbocycles. The van der Waals surface area contributed by atoms with E-state index < -0.39 is 0 Å². The fourth-order valence-corrected chi connectivity index (χ4v) is 5.32. The maximum Gasteiger partial charge on any atom is 0.263 e. The number of carbonyl (C=O) groups excluding carboxylic acids is 1. The molecule has 1 aromatic carbocycles. The summed E-state index contributed by atoms with van der Waals surface area (Å²) in [5.74, 6) is 1.00. The van der Waals surface area contributed by atoms with Crippen LogP contribution in [-0.4, -0.2) is 41.9 Å². The number of aryl methyl sites for hydroxylation is 1. The molecule has 2 aliphatic rings. The van der Waals surface area contributed by atoms with E-state index in [9.17, 15) is 4.79 Å². The lowest BCUT2D eigenvalue weighted by Gasteiger charge is -2.21. The van der Waals surface area contributed by atoms with Crippen LogP contribution < -0.4 is 0 Å². The van der Waals surface area contributed by atoms with Crippen LogP contribution in [-0.2, 0) is 19.4 Å². The minimum Gasteiger partial charge on any atom is -0.337 e. The molecular formula is C22H28N2OS. The Labute approximate surface area is 160 Å². The highest BCUT2D eigenvalue weighted by Crippen LogP contribution is 2.32. The van der Waals surface area contributed by atoms with Crippen LogP contribution in [0.3, 0.4) is 0 Å². The smallest absolute Gasteiger partial charge is 0.263 e. The summed E-state index contributed by atoms with van der Waals surface area (Å²) in [4.78, 5) is 20.0. The van der Waals surface area contributed by atoms with Crippen LogP contribution in [0.2, 0.25) is 0 Å². The molecule has 1 fully saturated rings. The van der Waals surface area contributed by atoms with Crippen LogP contribution in [0.1, 0.15) is 45.4 Å². The third-order valence-electron chi connectivity index (χ3n) is 5.66. The molecule has 0 radical (unpaired) electrons. The van der Waals surface area contributed by atoms with Gasteiger partial charge in [-0.3, -0.25) is 9.69 Å². The Hall–Kier alpha value is -1.65. The molecule has 2 heterocycles. The van der Waals surface area contributed by atoms with E-state index >= 15 is 0 Å². The molecule has 4 heteroatoms. The van der Waals surface area contributed by atoms with Crippen molar-refractivity contribution in [3.63, 3.8) is 0 Å². The molecule has 1 unspecified atom stereocenters. The van der Waals surface area contributed by atoms with Crippen LogP contribution in [0.4, 0.5) is 0 Å². The Balaban J connectivity index is 1.38. The Morgan fingerprint density at radius 3 is 2.85 bits per heavy atom. The van der Waals surface area contributed by atoms with E-state index in [0.29, 0.717) is 0 Å². The zero-order valence-corrected chi connectivity index (χ0v) is 16.4. The van der Waals surface area contributed by atoms with E-state index in [-0.39, 0.29) is 5.91 Å². The van der Waals surface area contributed by atoms with Gasteiger partial charge in [-0.1, -0.05) is 37.3 Å². The number of hydrogen-bond acceptors (Lipinski definition) is 3. The molecule has 1 amide bonds. The third-order valence-corrected chi connectivity index (χ3v) is 6.89. The number of hydrogen-bond donors (Lipinski definition) is 0. The molecule has 1 aliphatic heterocycles. The SMILES string of the molecule is CC1CCc2sc(C(=O)N3CCCN(Cc4ccccc4)CC3)cc2C1. The first-order valence-electron chi connectivity index (χ1n) is 9.86. The van der Waals surface area contributed by atoms with Gasteiger partial charge in [-0.15, -0.1) is 11.3 Å². The predicted octanol–water partition coefficient (Wildman–Crippen LogP) is 4.22. The van der Waals surface area contributed by atoms with E-state index in [4.69, 9.17) is 0 Å². The summed E-state index contributed by atoms with van der Waals surface area (Å²) in [6.45, 7) is 7.04. The van der Waals surface area contributed by atoms with Crippen molar-refractivity contribution in [1.82, 2.24) is 9.80 Å². The first kappa shape index (κ1) is 17.7. The second kappa shape index (κ2) is 7.93. The fraction of sp³-hybridized carbons (Fsp3) is 0.500. The van der Waals surface area contributed by atoms with Gasteiger partial charge >= 0.3 is 0 Å². The van der Waals surface area contributed by atoms with Crippen LogP contribution >= 0.6 is 11.3 Å². The monoisotopic (exact) mass is 368 g/mol. The first-order chi connectivity index (χ1) is 12.7. The van der Waals surface area contributed by atoms with Crippen LogP contribution in [0.5, 0.6) is 0 Å². The summed E-state index contributed by atoms with van der Waals surface area (Å²) in [5, 5.41) is 0. The van der Waals surface area contributed by atoms with Gasteiger partial charge in [0, 0.05) is 37.6 Å². The van der Waals surface area contributed by atoms with Crippen molar-refractivity contribution in [3.8, 4) is 0 Å². The second-order valence-corrected chi connectivity index (χ2v) is 8.95. The molecule has 0 spiro atoms. The minimum absolute atomic E-state index is 0.249. The molecule has 26 heavy (non-hydrogen) atoms. The zero-order chi connectivity index (χ0) is 17.9. The summed E-state index contributed by atoms with van der Waals surface area (Å²) >= 11 is 1.74. The average molecular weight is 369 g/mol. The third kappa shape index (κ3) is 4.02. The van der Waals surface area contributed by atoms with Gasteiger partial charge in [0.25, 0.3) is 5.91 Å². The maximum absolute atomic E-state index is 13.0. The van der Waals surface area contributed by atoms with E-state index in [1.807, 2.05) is 0 Å². The molecule has 2 aromatic rings. The van der Waals surface area contributed by atoms with Gasteiger partial charge in [-0.05, 0) is 48.8 Å². The minimum atomic E-state index is 0.249. The van der Waals surface area contributed by atoms with Crippen molar-refractivity contribution in [2.24, 2.45) is 5.92 Å². The second-order valence-electron chi connectivity index (χ2n) is 7.81. The molecule has 1 aromatic heterocycles. The quantitative estimate of drug-likeness (QED) is 0.810. The number of benzene rings is 1. The molecule has 0 saturated carbocycles. The summed E-state index contributed by atoms with van der Waals surface area (Å²) < 4.78 is 0. The highest BCUT2D eigenvalue weighted by atomic mass is 32.1. The lowest BCUT2D eigenvalue weighted by atomic mass is 9.90. The number of fused-ring (bicyclic) bond motifs is 1. The Morgan fingerprint density at radius 2 is 2.00 bits per heavy atom. The molecule has 4 rings (SSSR count). The predicted molar refractivity (Wildman–Crippen MR) is 108 cm³/mol. The van der Waals surface area contributed by atoms with Gasteiger partial charge in [0.2, 0.25) is 0 Å². The number of rotatable bonds is 3. The molecule has 0 bridgehead atoms. The van der Waals surface area contributed by atoms with Gasteiger partial charge in [0.15, 0.2) is 0 Å². The zero-order valence-electron chi connectivity index (χ0n) is 15.6. The fourth-order valence-electron chi connectivity index (χ4n) is 4.14. The maximum atomic E-state index is 13.0. The van der Waals surface area contributed by atoms with Crippen LogP contribution in [0.15, 0.2) is 36.4 Å². The van der Waals surface area contributed by atoms with Crippen molar-refractivity contribution >= 4 is 17.2 Å². The van der Waals surface area contributed by atoms with Gasteiger partial charge in [-0.25, -0.2) is 0 Å². The van der Waals surface area contributed by atoms with E-state index in [0.717, 1.165) is 62.8 Å². The Bertz CT molecular complexity index is 755. The number of thiophene rings is 1. The summed E-state index contributed by atoms with van der Waals surface area (Å²) in [7, 11) is 0. The lowest BCUT2D eigenvalue weighted by molar-refractivity contribution is 0.0766. The topological polar surface area (TPSA) is 23.6 Å². The van der Waals surface area contributed by atoms with Crippen molar-refractivity contribution in [1.29, 1.82) is 0 Å². The Kier molecular flexibility index (Phi) is 5.41. The number of amides is 1. The van der Waals surface area contributed by atoms with Crippen LogP contribution in [0.25, 0.3) is 0 Å². The summed E-state index contributed by atoms with van der Waals surface area (Å²) in [6, 6.07) is 12.8. The lowest BCUT2D eigenvalue weighted by Crippen LogP contribution is -2.34. The van der Waals surface area contributed by atoms with Crippen molar-refractivity contribution in [2.45, 2.75) is 39.2 Å². The highest BCUT2D eigenvalue weighted by molar-refractivity contribution is 7.14. The standard InChI is InChI=1S/C22H28N2OS/c1-17-8-9-20-19(14-17)15-21(26-20)22(25)24-11-5-10-23(12-13-24)16-18-6-3-2-4-7-18/h2-4,6-7,15,17H,5,8-14,16H2,1H3. The first-order valence-corrected chi connectivity index (χ1v) is 10.7. The summed E-state index contributed by atoms with van der Waals surface area (Å²) in [6.07, 6.45) is 4.61. The van der Waals surface area contributed by atoms with E-state index in [2.05, 4.69) is 53.1 Å². The molecule has 0 N–H and O–H groups in total. The van der Waals surface area contributed by atoms with Crippen molar-refractivity contribution in [2.75, 3.05) is 26.2 Å². The highest BCUT2D eigenvalue weighted by Gasteiger charge is 2.25. The normalized spacial score (nSPS) is 21.3. The van der Waals surface area contributed by atoms with E-state index in [1.54, 1.807) is 11.3 Å². The van der Waals surface area contributed by atoms with Crippen LogP contribution in [0, 0.1) is 5.92 Å². The van der Waals surface area contributed by atoms with Gasteiger partial charge < -0.3 is 4.90 Å². The van der Waals surface area contributed by atoms with Crippen molar-refractivity contribution < 1.29 is 4.79 Å². The molecule has 138 valence electrons. The van der Waals surface area contributed by atoms with Gasteiger partial charge in [0.05, 0.1) is 4.88 Å². The molecule has 3 nitrogen and oxygen atoms in total. The van der Waals surface area contributed by atoms with Gasteiger partial charge in [0.1, 0.15) is 0 Å². The molecule has 1 atom stereocenters.